The van der Waals surface area contributed by atoms with Gasteiger partial charge in [0.1, 0.15) is 19.3 Å². The zero-order chi connectivity index (χ0) is 72.8. The fraction of sp³-hybridized carbons (Fsp3) is 0.950. The number of aliphatic hydroxyl groups excluding tert-OH is 1. The molecule has 0 aromatic carbocycles. The van der Waals surface area contributed by atoms with Crippen LogP contribution in [0.5, 0.6) is 0 Å². The lowest BCUT2D eigenvalue weighted by atomic mass is 10.0. The first-order valence-corrected chi connectivity index (χ1v) is 44.5. The maximum absolute atomic E-state index is 13.1. The predicted octanol–water partition coefficient (Wildman–Crippen LogP) is 23.9. The summed E-state index contributed by atoms with van der Waals surface area (Å²) < 4.78 is 68.6. The molecule has 588 valence electrons. The van der Waals surface area contributed by atoms with E-state index in [9.17, 15) is 43.2 Å². The highest BCUT2D eigenvalue weighted by Crippen LogP contribution is 2.45. The monoisotopic (exact) mass is 1450 g/mol. The third kappa shape index (κ3) is 74.1. The van der Waals surface area contributed by atoms with Crippen molar-refractivity contribution in [1.29, 1.82) is 0 Å². The van der Waals surface area contributed by atoms with Crippen LogP contribution in [0.1, 0.15) is 420 Å². The number of hydrogen-bond donors (Lipinski definition) is 3. The van der Waals surface area contributed by atoms with Crippen LogP contribution in [0.2, 0.25) is 0 Å². The maximum atomic E-state index is 13.1. The zero-order valence-electron chi connectivity index (χ0n) is 64.8. The molecule has 17 nitrogen and oxygen atoms in total. The van der Waals surface area contributed by atoms with Crippen molar-refractivity contribution < 1.29 is 80.2 Å². The second kappa shape index (κ2) is 71.7. The number of phosphoric ester groups is 2. The van der Waals surface area contributed by atoms with Crippen molar-refractivity contribution in [3.05, 3.63) is 0 Å². The molecule has 0 aliphatic heterocycles. The lowest BCUT2D eigenvalue weighted by Crippen LogP contribution is -2.30. The number of rotatable bonds is 79. The molecule has 0 aromatic rings. The zero-order valence-corrected chi connectivity index (χ0v) is 66.6. The summed E-state index contributed by atoms with van der Waals surface area (Å²) in [6.45, 7) is 9.65. The third-order valence-corrected chi connectivity index (χ3v) is 20.6. The molecule has 0 bridgehead atoms. The van der Waals surface area contributed by atoms with E-state index < -0.39 is 97.5 Å². The average molecular weight is 1450 g/mol. The molecular formula is C80H156O17P2. The van der Waals surface area contributed by atoms with E-state index in [2.05, 4.69) is 41.5 Å². The first-order valence-electron chi connectivity index (χ1n) is 41.5. The Morgan fingerprint density at radius 3 is 0.687 bits per heavy atom. The van der Waals surface area contributed by atoms with Crippen molar-refractivity contribution in [3.63, 3.8) is 0 Å². The summed E-state index contributed by atoms with van der Waals surface area (Å²) >= 11 is 0. The molecule has 0 fully saturated rings. The second-order valence-electron chi connectivity index (χ2n) is 29.8. The molecule has 0 aliphatic carbocycles. The van der Waals surface area contributed by atoms with E-state index in [1.54, 1.807) is 0 Å². The minimum atomic E-state index is -4.96. The Labute approximate surface area is 607 Å². The van der Waals surface area contributed by atoms with Crippen molar-refractivity contribution in [3.8, 4) is 0 Å². The van der Waals surface area contributed by atoms with Crippen LogP contribution in [0.3, 0.4) is 0 Å². The Morgan fingerprint density at radius 2 is 0.465 bits per heavy atom. The van der Waals surface area contributed by atoms with Gasteiger partial charge in [0.15, 0.2) is 12.2 Å². The first-order chi connectivity index (χ1) is 47.9. The first kappa shape index (κ1) is 97.1. The van der Waals surface area contributed by atoms with Gasteiger partial charge >= 0.3 is 39.5 Å². The molecule has 0 aromatic heterocycles. The molecule has 0 aliphatic rings. The van der Waals surface area contributed by atoms with Crippen LogP contribution in [-0.2, 0) is 65.4 Å². The van der Waals surface area contributed by atoms with Crippen molar-refractivity contribution in [2.75, 3.05) is 39.6 Å². The van der Waals surface area contributed by atoms with Crippen molar-refractivity contribution >= 4 is 39.5 Å². The second-order valence-corrected chi connectivity index (χ2v) is 32.7. The molecular weight excluding hydrogens is 1290 g/mol. The van der Waals surface area contributed by atoms with Gasteiger partial charge in [0.25, 0.3) is 0 Å². The van der Waals surface area contributed by atoms with Crippen LogP contribution in [0.25, 0.3) is 0 Å². The molecule has 2 unspecified atom stereocenters. The smallest absolute Gasteiger partial charge is 0.462 e. The molecule has 0 radical (unpaired) electrons. The van der Waals surface area contributed by atoms with Crippen molar-refractivity contribution in [1.82, 2.24) is 0 Å². The van der Waals surface area contributed by atoms with E-state index in [-0.39, 0.29) is 25.7 Å². The van der Waals surface area contributed by atoms with Crippen LogP contribution in [0, 0.1) is 11.8 Å². The van der Waals surface area contributed by atoms with Gasteiger partial charge in [0, 0.05) is 25.7 Å². The Balaban J connectivity index is 5.18. The number of aliphatic hydroxyl groups is 1. The van der Waals surface area contributed by atoms with Gasteiger partial charge in [-0.25, -0.2) is 9.13 Å². The van der Waals surface area contributed by atoms with E-state index in [4.69, 9.17) is 37.0 Å². The van der Waals surface area contributed by atoms with Gasteiger partial charge in [0.2, 0.25) is 0 Å². The van der Waals surface area contributed by atoms with Gasteiger partial charge in [-0.05, 0) is 37.5 Å². The Morgan fingerprint density at radius 1 is 0.273 bits per heavy atom. The SMILES string of the molecule is CCCCCCCCCCCCCCCCCC(=O)O[C@H](COC(=O)CCCCCCCCC)COP(=O)(O)OC[C@H](O)COP(=O)(O)OC[C@@H](COC(=O)CCCCCCCCCCCCCCCCCC(C)C)OC(=O)CCCCCCCCCCCCCCCCCCC(C)C. The molecule has 19 heteroatoms. The van der Waals surface area contributed by atoms with E-state index in [0.29, 0.717) is 25.7 Å². The van der Waals surface area contributed by atoms with Gasteiger partial charge in [-0.1, -0.05) is 369 Å². The predicted molar refractivity (Wildman–Crippen MR) is 405 cm³/mol. The van der Waals surface area contributed by atoms with E-state index in [0.717, 1.165) is 115 Å². The van der Waals surface area contributed by atoms with Crippen molar-refractivity contribution in [2.45, 2.75) is 439 Å². The summed E-state index contributed by atoms with van der Waals surface area (Å²) in [6.07, 6.45) is 61.2. The minimum absolute atomic E-state index is 0.108. The molecule has 0 amide bonds. The van der Waals surface area contributed by atoms with Gasteiger partial charge in [0.05, 0.1) is 26.4 Å². The summed E-state index contributed by atoms with van der Waals surface area (Å²) in [6, 6.07) is 0. The average Bonchev–Trinajstić information content (AvgIpc) is 1.04. The number of phosphoric acid groups is 2. The molecule has 0 saturated heterocycles. The topological polar surface area (TPSA) is 237 Å². The van der Waals surface area contributed by atoms with Gasteiger partial charge in [-0.2, -0.15) is 0 Å². The summed E-state index contributed by atoms with van der Waals surface area (Å²) in [4.78, 5) is 72.8. The Hall–Kier alpha value is -1.94. The molecule has 3 N–H and O–H groups in total. The normalized spacial score (nSPS) is 13.9. The lowest BCUT2D eigenvalue weighted by Gasteiger charge is -2.21. The quantitative estimate of drug-likeness (QED) is 0.0222. The Bertz CT molecular complexity index is 1910. The van der Waals surface area contributed by atoms with Gasteiger partial charge in [-0.3, -0.25) is 37.3 Å². The highest BCUT2D eigenvalue weighted by molar-refractivity contribution is 7.47. The fourth-order valence-corrected chi connectivity index (χ4v) is 13.9. The summed E-state index contributed by atoms with van der Waals surface area (Å²) in [5.41, 5.74) is 0. The van der Waals surface area contributed by atoms with Gasteiger partial charge in [-0.15, -0.1) is 0 Å². The molecule has 0 spiro atoms. The van der Waals surface area contributed by atoms with E-state index in [1.807, 2.05) is 0 Å². The van der Waals surface area contributed by atoms with E-state index >= 15 is 0 Å². The number of hydrogen-bond acceptors (Lipinski definition) is 15. The summed E-state index contributed by atoms with van der Waals surface area (Å²) in [5, 5.41) is 10.6. The molecule has 0 heterocycles. The maximum Gasteiger partial charge on any atom is 0.472 e. The molecule has 5 atom stereocenters. The van der Waals surface area contributed by atoms with Crippen molar-refractivity contribution in [2.24, 2.45) is 11.8 Å². The van der Waals surface area contributed by atoms with Crippen LogP contribution in [0.4, 0.5) is 0 Å². The number of esters is 4. The minimum Gasteiger partial charge on any atom is -0.462 e. The van der Waals surface area contributed by atoms with Gasteiger partial charge < -0.3 is 33.8 Å². The summed E-state index contributed by atoms with van der Waals surface area (Å²) in [7, 11) is -9.91. The molecule has 0 rings (SSSR count). The number of unbranched alkanes of at least 4 members (excludes halogenated alkanes) is 49. The van der Waals surface area contributed by atoms with E-state index in [1.165, 1.54) is 225 Å². The summed E-state index contributed by atoms with van der Waals surface area (Å²) in [5.74, 6) is -0.498. The highest BCUT2D eigenvalue weighted by atomic mass is 31.2. The van der Waals surface area contributed by atoms with Crippen LogP contribution in [0.15, 0.2) is 0 Å². The lowest BCUT2D eigenvalue weighted by molar-refractivity contribution is -0.161. The number of carbonyl (C=O) groups excluding carboxylic acids is 4. The van der Waals surface area contributed by atoms with Crippen LogP contribution >= 0.6 is 15.6 Å². The standard InChI is InChI=1S/C80H156O17P2/c1-7-9-11-13-15-16-17-18-22-30-35-40-46-52-58-64-79(84)96-75(68-90-77(82)62-56-50-42-14-12-10-8-2)70-94-98(86,87)92-66-74(81)67-93-99(88,89)95-71-76(69-91-78(83)63-57-51-45-39-34-29-26-21-24-28-33-38-44-49-55-61-73(5)6)97-80(85)65-59-53-47-41-36-31-25-20-19-23-27-32-37-43-48-54-60-72(3)4/h72-76,81H,7-71H2,1-6H3,(H,86,87)(H,88,89)/t74-,75+,76+/m0/s1. The molecule has 99 heavy (non-hydrogen) atoms. The Kier molecular flexibility index (Phi) is 70.3. The number of carbonyl (C=O) groups is 4. The largest absolute Gasteiger partial charge is 0.472 e. The number of ether oxygens (including phenoxy) is 4. The fourth-order valence-electron chi connectivity index (χ4n) is 12.4. The third-order valence-electron chi connectivity index (χ3n) is 18.7. The highest BCUT2D eigenvalue weighted by Gasteiger charge is 2.30. The molecule has 0 saturated carbocycles. The van der Waals surface area contributed by atoms with Crippen LogP contribution in [-0.4, -0.2) is 96.7 Å². The van der Waals surface area contributed by atoms with Crippen LogP contribution < -0.4 is 0 Å².